The highest BCUT2D eigenvalue weighted by Gasteiger charge is 2.33. The Kier molecular flexibility index (Phi) is 6.14. The van der Waals surface area contributed by atoms with Crippen LogP contribution in [-0.4, -0.2) is 48.4 Å². The number of piperidine rings is 1. The van der Waals surface area contributed by atoms with E-state index in [2.05, 4.69) is 15.5 Å². The molecule has 1 amide bonds. The van der Waals surface area contributed by atoms with Crippen LogP contribution in [0.3, 0.4) is 0 Å². The molecule has 2 aromatic rings. The highest BCUT2D eigenvalue weighted by molar-refractivity contribution is 7.89. The third kappa shape index (κ3) is 4.10. The van der Waals surface area contributed by atoms with Gasteiger partial charge in [-0.05, 0) is 38.3 Å². The van der Waals surface area contributed by atoms with Gasteiger partial charge in [-0.25, -0.2) is 8.42 Å². The fourth-order valence-electron chi connectivity index (χ4n) is 3.35. The molecular weight excluding hydrogens is 380 g/mol. The van der Waals surface area contributed by atoms with E-state index in [-0.39, 0.29) is 16.7 Å². The summed E-state index contributed by atoms with van der Waals surface area (Å²) in [5.41, 5.74) is 1.26. The highest BCUT2D eigenvalue weighted by atomic mass is 32.2. The van der Waals surface area contributed by atoms with Gasteiger partial charge in [0.15, 0.2) is 0 Å². The van der Waals surface area contributed by atoms with E-state index in [1.807, 2.05) is 13.8 Å². The van der Waals surface area contributed by atoms with Crippen LogP contribution in [0.2, 0.25) is 0 Å². The van der Waals surface area contributed by atoms with Gasteiger partial charge in [0.25, 0.3) is 0 Å². The Morgan fingerprint density at radius 3 is 2.61 bits per heavy atom. The molecule has 1 aromatic carbocycles. The zero-order valence-electron chi connectivity index (χ0n) is 16.4. The van der Waals surface area contributed by atoms with Gasteiger partial charge in [0.05, 0.1) is 4.90 Å². The summed E-state index contributed by atoms with van der Waals surface area (Å²) in [6, 6.07) is 5.15. The molecule has 28 heavy (non-hydrogen) atoms. The van der Waals surface area contributed by atoms with E-state index in [1.54, 1.807) is 25.1 Å². The van der Waals surface area contributed by atoms with Crippen LogP contribution in [0.15, 0.2) is 27.6 Å². The van der Waals surface area contributed by atoms with Crippen molar-refractivity contribution >= 4 is 15.9 Å². The molecule has 1 N–H and O–H groups in total. The number of aromatic nitrogens is 2. The van der Waals surface area contributed by atoms with Crippen molar-refractivity contribution in [3.05, 3.63) is 29.7 Å². The first-order chi connectivity index (χ1) is 13.4. The first-order valence-corrected chi connectivity index (χ1v) is 11.0. The van der Waals surface area contributed by atoms with Crippen molar-refractivity contribution in [2.45, 2.75) is 44.9 Å². The Morgan fingerprint density at radius 2 is 2.00 bits per heavy atom. The normalized spacial score (nSPS) is 16.2. The number of sulfonamides is 1. The Morgan fingerprint density at radius 1 is 1.29 bits per heavy atom. The van der Waals surface area contributed by atoms with Crippen molar-refractivity contribution in [3.8, 4) is 11.4 Å². The molecule has 2 heterocycles. The minimum Gasteiger partial charge on any atom is -0.356 e. The number of benzene rings is 1. The van der Waals surface area contributed by atoms with E-state index >= 15 is 0 Å². The predicted molar refractivity (Wildman–Crippen MR) is 104 cm³/mol. The van der Waals surface area contributed by atoms with Crippen molar-refractivity contribution in [1.29, 1.82) is 0 Å². The number of carbonyl (C=O) groups is 1. The van der Waals surface area contributed by atoms with Crippen LogP contribution in [0, 0.1) is 12.8 Å². The van der Waals surface area contributed by atoms with Gasteiger partial charge in [-0.15, -0.1) is 0 Å². The number of nitrogens with zero attached hydrogens (tertiary/aromatic N) is 3. The van der Waals surface area contributed by atoms with Crippen LogP contribution in [0.5, 0.6) is 0 Å². The lowest BCUT2D eigenvalue weighted by molar-refractivity contribution is -0.126. The molecule has 1 aromatic heterocycles. The summed E-state index contributed by atoms with van der Waals surface area (Å²) in [4.78, 5) is 16.5. The number of nitrogens with one attached hydrogen (secondary N) is 1. The van der Waals surface area contributed by atoms with Crippen LogP contribution < -0.4 is 5.32 Å². The number of amides is 1. The van der Waals surface area contributed by atoms with Gasteiger partial charge < -0.3 is 9.84 Å². The summed E-state index contributed by atoms with van der Waals surface area (Å²) >= 11 is 0. The second-order valence-corrected chi connectivity index (χ2v) is 8.82. The van der Waals surface area contributed by atoms with Gasteiger partial charge in [0, 0.05) is 37.5 Å². The Hall–Kier alpha value is -2.26. The molecule has 0 unspecified atom stereocenters. The average molecular weight is 407 g/mol. The van der Waals surface area contributed by atoms with Gasteiger partial charge in [-0.3, -0.25) is 4.79 Å². The Bertz CT molecular complexity index is 947. The van der Waals surface area contributed by atoms with Crippen molar-refractivity contribution in [3.63, 3.8) is 0 Å². The minimum absolute atomic E-state index is 0.00145. The molecule has 1 saturated heterocycles. The number of aryl methyl sites for hydroxylation is 2. The summed E-state index contributed by atoms with van der Waals surface area (Å²) in [5, 5.41) is 6.74. The second-order valence-electron chi connectivity index (χ2n) is 6.92. The third-order valence-corrected chi connectivity index (χ3v) is 7.05. The molecule has 0 spiro atoms. The lowest BCUT2D eigenvalue weighted by atomic mass is 9.97. The van der Waals surface area contributed by atoms with E-state index in [0.717, 1.165) is 0 Å². The quantitative estimate of drug-likeness (QED) is 0.788. The fraction of sp³-hybridized carbons (Fsp3) is 0.526. The van der Waals surface area contributed by atoms with E-state index in [4.69, 9.17) is 4.52 Å². The maximum absolute atomic E-state index is 13.2. The van der Waals surface area contributed by atoms with Gasteiger partial charge in [-0.1, -0.05) is 24.2 Å². The Balaban J connectivity index is 1.82. The molecule has 0 bridgehead atoms. The molecule has 0 radical (unpaired) electrons. The van der Waals surface area contributed by atoms with Crippen LogP contribution in [0.25, 0.3) is 11.4 Å². The average Bonchev–Trinajstić information content (AvgIpc) is 3.18. The highest BCUT2D eigenvalue weighted by Crippen LogP contribution is 2.29. The molecule has 9 heteroatoms. The fourth-order valence-corrected chi connectivity index (χ4v) is 5.07. The number of hydrogen-bond acceptors (Lipinski definition) is 6. The summed E-state index contributed by atoms with van der Waals surface area (Å²) < 4.78 is 33.0. The molecule has 152 valence electrons. The summed E-state index contributed by atoms with van der Waals surface area (Å²) in [5.74, 6) is 0.753. The van der Waals surface area contributed by atoms with Crippen LogP contribution >= 0.6 is 0 Å². The van der Waals surface area contributed by atoms with E-state index < -0.39 is 10.0 Å². The van der Waals surface area contributed by atoms with Gasteiger partial charge in [0.2, 0.25) is 27.6 Å². The van der Waals surface area contributed by atoms with Crippen molar-refractivity contribution in [2.24, 2.45) is 5.92 Å². The molecular formula is C19H26N4O4S. The Labute approximate surface area is 165 Å². The molecule has 0 atom stereocenters. The molecule has 1 aliphatic rings. The summed E-state index contributed by atoms with van der Waals surface area (Å²) in [6.07, 6.45) is 1.66. The zero-order valence-corrected chi connectivity index (χ0v) is 17.3. The summed E-state index contributed by atoms with van der Waals surface area (Å²) in [6.45, 7) is 6.80. The first-order valence-electron chi connectivity index (χ1n) is 9.58. The molecule has 1 fully saturated rings. The van der Waals surface area contributed by atoms with Crippen molar-refractivity contribution < 1.29 is 17.7 Å². The van der Waals surface area contributed by atoms with Gasteiger partial charge >= 0.3 is 0 Å². The van der Waals surface area contributed by atoms with Gasteiger partial charge in [0.1, 0.15) is 0 Å². The SMILES string of the molecule is CCNC(=O)C1CCN(S(=O)(=O)c2cc(-c3noc(CC)n3)ccc2C)CC1. The number of carbonyl (C=O) groups excluding carboxylic acids is 1. The third-order valence-electron chi connectivity index (χ3n) is 5.01. The molecule has 3 rings (SSSR count). The topological polar surface area (TPSA) is 105 Å². The van der Waals surface area contributed by atoms with E-state index in [9.17, 15) is 13.2 Å². The van der Waals surface area contributed by atoms with Crippen LogP contribution in [-0.2, 0) is 21.2 Å². The number of hydrogen-bond donors (Lipinski definition) is 1. The van der Waals surface area contributed by atoms with Crippen LogP contribution in [0.4, 0.5) is 0 Å². The molecule has 0 saturated carbocycles. The lowest BCUT2D eigenvalue weighted by Crippen LogP contribution is -2.43. The maximum Gasteiger partial charge on any atom is 0.243 e. The molecule has 1 aliphatic heterocycles. The first kappa shape index (κ1) is 20.5. The predicted octanol–water partition coefficient (Wildman–Crippen LogP) is 2.14. The number of rotatable bonds is 6. The molecule has 0 aliphatic carbocycles. The van der Waals surface area contributed by atoms with Crippen molar-refractivity contribution in [1.82, 2.24) is 19.8 Å². The standard InChI is InChI=1S/C19H26N4O4S/c1-4-17-21-18(22-27-17)15-7-6-13(3)16(12-15)28(25,26)23-10-8-14(9-11-23)19(24)20-5-2/h6-7,12,14H,4-5,8-11H2,1-3H3,(H,20,24). The van der Waals surface area contributed by atoms with Gasteiger partial charge in [-0.2, -0.15) is 9.29 Å². The second kappa shape index (κ2) is 8.40. The maximum atomic E-state index is 13.2. The molecule has 8 nitrogen and oxygen atoms in total. The van der Waals surface area contributed by atoms with Crippen molar-refractivity contribution in [2.75, 3.05) is 19.6 Å². The monoisotopic (exact) mass is 406 g/mol. The minimum atomic E-state index is -3.67. The smallest absolute Gasteiger partial charge is 0.243 e. The largest absolute Gasteiger partial charge is 0.356 e. The zero-order chi connectivity index (χ0) is 20.3. The summed E-state index contributed by atoms with van der Waals surface area (Å²) in [7, 11) is -3.67. The van der Waals surface area contributed by atoms with E-state index in [0.29, 0.717) is 61.7 Å². The van der Waals surface area contributed by atoms with Crippen LogP contribution in [0.1, 0.15) is 38.1 Å². The van der Waals surface area contributed by atoms with E-state index in [1.165, 1.54) is 4.31 Å². The lowest BCUT2D eigenvalue weighted by Gasteiger charge is -2.31.